The average Bonchev–Trinajstić information content (AvgIpc) is 2.63. The van der Waals surface area contributed by atoms with Crippen molar-refractivity contribution < 1.29 is 14.3 Å². The number of ether oxygens (including phenoxy) is 2. The first-order valence-electron chi connectivity index (χ1n) is 7.67. The number of carbonyl (C=O) groups excluding carboxylic acids is 1. The van der Waals surface area contributed by atoms with Crippen molar-refractivity contribution in [2.75, 3.05) is 19.0 Å². The van der Waals surface area contributed by atoms with Gasteiger partial charge >= 0.3 is 0 Å². The number of hydrogen-bond donors (Lipinski definition) is 1. The minimum Gasteiger partial charge on any atom is -0.493 e. The summed E-state index contributed by atoms with van der Waals surface area (Å²) in [5.41, 5.74) is 1.19. The highest BCUT2D eigenvalue weighted by Gasteiger charge is 2.13. The lowest BCUT2D eigenvalue weighted by Crippen LogP contribution is -2.13. The normalized spacial score (nSPS) is 10.8. The second kappa shape index (κ2) is 9.46. The molecule has 2 aromatic rings. The van der Waals surface area contributed by atoms with E-state index >= 15 is 0 Å². The van der Waals surface area contributed by atoms with Gasteiger partial charge in [0.25, 0.3) is 5.91 Å². The van der Waals surface area contributed by atoms with Crippen LogP contribution in [0.15, 0.2) is 42.0 Å². The Kier molecular flexibility index (Phi) is 7.30. The number of nitriles is 1. The van der Waals surface area contributed by atoms with E-state index in [0.29, 0.717) is 34.4 Å². The molecule has 0 aliphatic rings. The number of halogens is 2. The number of anilines is 1. The minimum absolute atomic E-state index is 0.0260. The molecule has 26 heavy (non-hydrogen) atoms. The van der Waals surface area contributed by atoms with Crippen LogP contribution in [0.3, 0.4) is 0 Å². The van der Waals surface area contributed by atoms with Crippen LogP contribution < -0.4 is 14.8 Å². The van der Waals surface area contributed by atoms with Gasteiger partial charge in [0, 0.05) is 10.7 Å². The summed E-state index contributed by atoms with van der Waals surface area (Å²) < 4.78 is 11.7. The fourth-order valence-electron chi connectivity index (χ4n) is 2.15. The molecular weight excluding hydrogens is 467 g/mol. The average molecular weight is 483 g/mol. The SMILES string of the molecule is CCOc1c(I)cc(/C=C(/C#N)C(=O)Nc2ccc(Cl)cc2)cc1OC. The topological polar surface area (TPSA) is 71.3 Å². The van der Waals surface area contributed by atoms with E-state index in [4.69, 9.17) is 21.1 Å². The van der Waals surface area contributed by atoms with Crippen LogP contribution in [0, 0.1) is 14.9 Å². The molecule has 134 valence electrons. The molecule has 1 N–H and O–H groups in total. The van der Waals surface area contributed by atoms with Crippen molar-refractivity contribution in [2.24, 2.45) is 0 Å². The van der Waals surface area contributed by atoms with Crippen molar-refractivity contribution in [1.82, 2.24) is 0 Å². The minimum atomic E-state index is -0.502. The number of methoxy groups -OCH3 is 1. The molecular formula is C19H16ClIN2O3. The largest absolute Gasteiger partial charge is 0.493 e. The van der Waals surface area contributed by atoms with Crippen LogP contribution >= 0.6 is 34.2 Å². The number of nitrogens with zero attached hydrogens (tertiary/aromatic N) is 1. The van der Waals surface area contributed by atoms with Crippen LogP contribution in [-0.4, -0.2) is 19.6 Å². The van der Waals surface area contributed by atoms with Crippen molar-refractivity contribution in [2.45, 2.75) is 6.92 Å². The molecule has 2 rings (SSSR count). The van der Waals surface area contributed by atoms with Gasteiger partial charge in [0.1, 0.15) is 11.6 Å². The van der Waals surface area contributed by atoms with Crippen LogP contribution in [0.4, 0.5) is 5.69 Å². The van der Waals surface area contributed by atoms with E-state index in [2.05, 4.69) is 27.9 Å². The monoisotopic (exact) mass is 482 g/mol. The highest BCUT2D eigenvalue weighted by atomic mass is 127. The first-order valence-corrected chi connectivity index (χ1v) is 9.13. The van der Waals surface area contributed by atoms with Crippen molar-refractivity contribution >= 4 is 51.9 Å². The molecule has 0 radical (unpaired) electrons. The van der Waals surface area contributed by atoms with Crippen LogP contribution in [0.2, 0.25) is 5.02 Å². The summed E-state index contributed by atoms with van der Waals surface area (Å²) in [6, 6.07) is 12.1. The van der Waals surface area contributed by atoms with Gasteiger partial charge in [0.05, 0.1) is 17.3 Å². The van der Waals surface area contributed by atoms with Gasteiger partial charge in [-0.15, -0.1) is 0 Å². The number of amides is 1. The zero-order valence-electron chi connectivity index (χ0n) is 14.2. The maximum absolute atomic E-state index is 12.3. The molecule has 0 heterocycles. The zero-order chi connectivity index (χ0) is 19.1. The molecule has 0 aliphatic carbocycles. The summed E-state index contributed by atoms with van der Waals surface area (Å²) in [4.78, 5) is 12.3. The van der Waals surface area contributed by atoms with Crippen molar-refractivity contribution in [3.05, 3.63) is 56.1 Å². The van der Waals surface area contributed by atoms with E-state index in [9.17, 15) is 10.1 Å². The number of benzene rings is 2. The van der Waals surface area contributed by atoms with Gasteiger partial charge in [-0.3, -0.25) is 4.79 Å². The first-order chi connectivity index (χ1) is 12.5. The third-order valence-electron chi connectivity index (χ3n) is 3.32. The lowest BCUT2D eigenvalue weighted by Gasteiger charge is -2.12. The lowest BCUT2D eigenvalue weighted by molar-refractivity contribution is -0.112. The van der Waals surface area contributed by atoms with E-state index in [0.717, 1.165) is 3.57 Å². The maximum Gasteiger partial charge on any atom is 0.266 e. The predicted octanol–water partition coefficient (Wildman–Crippen LogP) is 4.90. The molecule has 0 saturated carbocycles. The Bertz CT molecular complexity index is 874. The van der Waals surface area contributed by atoms with Crippen molar-refractivity contribution in [3.63, 3.8) is 0 Å². The van der Waals surface area contributed by atoms with Gasteiger partial charge in [0.15, 0.2) is 11.5 Å². The smallest absolute Gasteiger partial charge is 0.266 e. The number of rotatable bonds is 6. The molecule has 0 atom stereocenters. The third kappa shape index (κ3) is 5.13. The Morgan fingerprint density at radius 1 is 1.35 bits per heavy atom. The number of carbonyl (C=O) groups is 1. The Morgan fingerprint density at radius 2 is 2.04 bits per heavy atom. The van der Waals surface area contributed by atoms with Gasteiger partial charge in [-0.25, -0.2) is 0 Å². The van der Waals surface area contributed by atoms with Gasteiger partial charge in [-0.1, -0.05) is 11.6 Å². The standard InChI is InChI=1S/C19H16ClIN2O3/c1-3-26-18-16(21)9-12(10-17(18)25-2)8-13(11-22)19(24)23-15-6-4-14(20)5-7-15/h4-10H,3H2,1-2H3,(H,23,24)/b13-8-. The van der Waals surface area contributed by atoms with E-state index in [1.807, 2.05) is 19.1 Å². The van der Waals surface area contributed by atoms with Gasteiger partial charge in [0.2, 0.25) is 0 Å². The summed E-state index contributed by atoms with van der Waals surface area (Å²) >= 11 is 7.95. The molecule has 0 saturated heterocycles. The molecule has 0 fully saturated rings. The highest BCUT2D eigenvalue weighted by molar-refractivity contribution is 14.1. The van der Waals surface area contributed by atoms with Crippen LogP contribution in [0.1, 0.15) is 12.5 Å². The quantitative estimate of drug-likeness (QED) is 0.361. The van der Waals surface area contributed by atoms with Crippen LogP contribution in [-0.2, 0) is 4.79 Å². The van der Waals surface area contributed by atoms with Crippen LogP contribution in [0.25, 0.3) is 6.08 Å². The third-order valence-corrected chi connectivity index (χ3v) is 4.37. The second-order valence-electron chi connectivity index (χ2n) is 5.10. The molecule has 0 spiro atoms. The Morgan fingerprint density at radius 3 is 2.62 bits per heavy atom. The fraction of sp³-hybridized carbons (Fsp3) is 0.158. The molecule has 5 nitrogen and oxygen atoms in total. The molecule has 0 aliphatic heterocycles. The summed E-state index contributed by atoms with van der Waals surface area (Å²) in [6.45, 7) is 2.40. The predicted molar refractivity (Wildman–Crippen MR) is 111 cm³/mol. The van der Waals surface area contributed by atoms with E-state index < -0.39 is 5.91 Å². The molecule has 2 aromatic carbocycles. The maximum atomic E-state index is 12.3. The molecule has 0 unspecified atom stereocenters. The van der Waals surface area contributed by atoms with Gasteiger partial charge < -0.3 is 14.8 Å². The van der Waals surface area contributed by atoms with Crippen molar-refractivity contribution in [3.8, 4) is 17.6 Å². The Labute approximate surface area is 170 Å². The molecule has 7 heteroatoms. The van der Waals surface area contributed by atoms with Gasteiger partial charge in [-0.05, 0) is 77.6 Å². The summed E-state index contributed by atoms with van der Waals surface area (Å²) in [6.07, 6.45) is 1.51. The Hall–Kier alpha value is -2.24. The first kappa shape index (κ1) is 20.1. The summed E-state index contributed by atoms with van der Waals surface area (Å²) in [5, 5.41) is 12.6. The van der Waals surface area contributed by atoms with Crippen molar-refractivity contribution in [1.29, 1.82) is 5.26 Å². The molecule has 0 aromatic heterocycles. The number of nitrogens with one attached hydrogen (secondary N) is 1. The van der Waals surface area contributed by atoms with Gasteiger partial charge in [-0.2, -0.15) is 5.26 Å². The second-order valence-corrected chi connectivity index (χ2v) is 6.70. The number of hydrogen-bond acceptors (Lipinski definition) is 4. The molecule has 1 amide bonds. The van der Waals surface area contributed by atoms with E-state index in [-0.39, 0.29) is 5.57 Å². The van der Waals surface area contributed by atoms with E-state index in [1.165, 1.54) is 6.08 Å². The Balaban J connectivity index is 2.30. The lowest BCUT2D eigenvalue weighted by atomic mass is 10.1. The fourth-order valence-corrected chi connectivity index (χ4v) is 3.06. The van der Waals surface area contributed by atoms with E-state index in [1.54, 1.807) is 37.4 Å². The highest BCUT2D eigenvalue weighted by Crippen LogP contribution is 2.34. The summed E-state index contributed by atoms with van der Waals surface area (Å²) in [5.74, 6) is 0.676. The zero-order valence-corrected chi connectivity index (χ0v) is 17.1. The summed E-state index contributed by atoms with van der Waals surface area (Å²) in [7, 11) is 1.54. The van der Waals surface area contributed by atoms with Crippen LogP contribution in [0.5, 0.6) is 11.5 Å². The molecule has 0 bridgehead atoms.